The number of anilines is 1. The summed E-state index contributed by atoms with van der Waals surface area (Å²) in [7, 11) is 0. The van der Waals surface area contributed by atoms with Gasteiger partial charge < -0.3 is 30.5 Å². The minimum absolute atomic E-state index is 0.0118. The molecule has 3 amide bonds. The summed E-state index contributed by atoms with van der Waals surface area (Å²) in [5.41, 5.74) is 0.0884. The molecule has 1 aromatic rings. The second kappa shape index (κ2) is 11.2. The zero-order valence-electron chi connectivity index (χ0n) is 16.9. The number of carbonyl (C=O) groups excluding carboxylic acids is 2. The van der Waals surface area contributed by atoms with Gasteiger partial charge in [-0.3, -0.25) is 4.79 Å². The van der Waals surface area contributed by atoms with Crippen molar-refractivity contribution < 1.29 is 28.6 Å². The van der Waals surface area contributed by atoms with Gasteiger partial charge in [0.2, 0.25) is 5.91 Å². The van der Waals surface area contributed by atoms with Crippen molar-refractivity contribution in [1.29, 1.82) is 0 Å². The van der Waals surface area contributed by atoms with Crippen LogP contribution in [0.15, 0.2) is 24.3 Å². The predicted octanol–water partition coefficient (Wildman–Crippen LogP) is 1.79. The minimum Gasteiger partial charge on any atom is -0.394 e. The third kappa shape index (κ3) is 6.38. The van der Waals surface area contributed by atoms with E-state index < -0.39 is 18.0 Å². The van der Waals surface area contributed by atoms with Crippen molar-refractivity contribution in [3.63, 3.8) is 0 Å². The van der Waals surface area contributed by atoms with E-state index in [1.165, 1.54) is 12.1 Å². The molecule has 166 valence electrons. The van der Waals surface area contributed by atoms with Gasteiger partial charge in [0.25, 0.3) is 0 Å². The van der Waals surface area contributed by atoms with Crippen LogP contribution in [-0.4, -0.2) is 61.7 Å². The average Bonchev–Trinajstić information content (AvgIpc) is 2.76. The third-order valence-electron chi connectivity index (χ3n) is 5.59. The van der Waals surface area contributed by atoms with E-state index in [-0.39, 0.29) is 36.3 Å². The average molecular weight is 423 g/mol. The molecule has 30 heavy (non-hydrogen) atoms. The first-order chi connectivity index (χ1) is 14.6. The number of hydrogen-bond donors (Lipinski definition) is 4. The molecule has 2 fully saturated rings. The Kier molecular flexibility index (Phi) is 8.41. The zero-order valence-corrected chi connectivity index (χ0v) is 16.9. The van der Waals surface area contributed by atoms with Crippen LogP contribution in [0.25, 0.3) is 0 Å². The molecule has 0 unspecified atom stereocenters. The summed E-state index contributed by atoms with van der Waals surface area (Å²) >= 11 is 0. The molecule has 1 aromatic carbocycles. The highest BCUT2D eigenvalue weighted by Gasteiger charge is 2.32. The number of amides is 3. The summed E-state index contributed by atoms with van der Waals surface area (Å²) in [6.45, 7) is 1.52. The standard InChI is InChI=1S/C21H30FN3O5/c22-16-3-1-2-4-17(16)24-21(28)25-18-6-5-15(30-19(18)13-26)7-10-23-20(27)14-8-11-29-12-9-14/h1-4,14-15,18-19,26H,5-13H2,(H,23,27)(H2,24,25,28)/t15-,18+,19+/m0/s1. The third-order valence-corrected chi connectivity index (χ3v) is 5.59. The Morgan fingerprint density at radius 2 is 1.90 bits per heavy atom. The topological polar surface area (TPSA) is 109 Å². The summed E-state index contributed by atoms with van der Waals surface area (Å²) in [6.07, 6.45) is 2.79. The monoisotopic (exact) mass is 423 g/mol. The Morgan fingerprint density at radius 1 is 1.13 bits per heavy atom. The maximum Gasteiger partial charge on any atom is 0.319 e. The first-order valence-electron chi connectivity index (χ1n) is 10.5. The van der Waals surface area contributed by atoms with E-state index in [0.717, 1.165) is 12.8 Å². The van der Waals surface area contributed by atoms with Crippen molar-refractivity contribution in [2.75, 3.05) is 31.7 Å². The molecule has 4 N–H and O–H groups in total. The molecule has 0 aliphatic carbocycles. The number of benzene rings is 1. The number of aliphatic hydroxyl groups excluding tert-OH is 1. The molecule has 2 saturated heterocycles. The molecule has 0 bridgehead atoms. The fourth-order valence-electron chi connectivity index (χ4n) is 3.86. The molecular formula is C21H30FN3O5. The van der Waals surface area contributed by atoms with Gasteiger partial charge in [-0.1, -0.05) is 12.1 Å². The highest BCUT2D eigenvalue weighted by atomic mass is 19.1. The smallest absolute Gasteiger partial charge is 0.319 e. The molecule has 2 aliphatic rings. The molecule has 3 atom stereocenters. The molecule has 9 heteroatoms. The van der Waals surface area contributed by atoms with E-state index in [1.807, 2.05) is 0 Å². The van der Waals surface area contributed by atoms with Crippen LogP contribution in [0.2, 0.25) is 0 Å². The van der Waals surface area contributed by atoms with Gasteiger partial charge in [-0.05, 0) is 44.2 Å². The number of rotatable bonds is 7. The number of nitrogens with one attached hydrogen (secondary N) is 3. The van der Waals surface area contributed by atoms with Crippen molar-refractivity contribution in [3.05, 3.63) is 30.1 Å². The van der Waals surface area contributed by atoms with Gasteiger partial charge in [0.1, 0.15) is 11.9 Å². The summed E-state index contributed by atoms with van der Waals surface area (Å²) in [5, 5.41) is 17.9. The molecular weight excluding hydrogens is 393 g/mol. The number of urea groups is 1. The Labute approximate surface area is 175 Å². The quantitative estimate of drug-likeness (QED) is 0.535. The normalized spacial score (nSPS) is 24.8. The molecule has 0 saturated carbocycles. The van der Waals surface area contributed by atoms with E-state index in [4.69, 9.17) is 9.47 Å². The summed E-state index contributed by atoms with van der Waals surface area (Å²) < 4.78 is 24.9. The molecule has 0 radical (unpaired) electrons. The number of para-hydroxylation sites is 1. The first-order valence-corrected chi connectivity index (χ1v) is 10.5. The lowest BCUT2D eigenvalue weighted by Crippen LogP contribution is -2.52. The molecule has 2 heterocycles. The van der Waals surface area contributed by atoms with Crippen LogP contribution in [0.1, 0.15) is 32.1 Å². The molecule has 3 rings (SSSR count). The van der Waals surface area contributed by atoms with Crippen LogP contribution in [0.5, 0.6) is 0 Å². The fraction of sp³-hybridized carbons (Fsp3) is 0.619. The van der Waals surface area contributed by atoms with Gasteiger partial charge in [0, 0.05) is 25.7 Å². The maximum atomic E-state index is 13.7. The van der Waals surface area contributed by atoms with Crippen molar-refractivity contribution in [3.8, 4) is 0 Å². The van der Waals surface area contributed by atoms with Crippen molar-refractivity contribution >= 4 is 17.6 Å². The number of hydrogen-bond acceptors (Lipinski definition) is 5. The van der Waals surface area contributed by atoms with E-state index in [9.17, 15) is 19.1 Å². The lowest BCUT2D eigenvalue weighted by molar-refractivity contribution is -0.128. The Balaban J connectivity index is 1.40. The predicted molar refractivity (Wildman–Crippen MR) is 108 cm³/mol. The van der Waals surface area contributed by atoms with Gasteiger partial charge in [0.15, 0.2) is 0 Å². The lowest BCUT2D eigenvalue weighted by atomic mass is 9.96. The van der Waals surface area contributed by atoms with Crippen LogP contribution >= 0.6 is 0 Å². The van der Waals surface area contributed by atoms with E-state index in [0.29, 0.717) is 39.0 Å². The van der Waals surface area contributed by atoms with Crippen molar-refractivity contribution in [2.24, 2.45) is 5.92 Å². The lowest BCUT2D eigenvalue weighted by Gasteiger charge is -2.36. The van der Waals surface area contributed by atoms with E-state index >= 15 is 0 Å². The zero-order chi connectivity index (χ0) is 21.3. The van der Waals surface area contributed by atoms with Crippen molar-refractivity contribution in [2.45, 2.75) is 50.4 Å². The highest BCUT2D eigenvalue weighted by molar-refractivity contribution is 5.89. The van der Waals surface area contributed by atoms with Gasteiger partial charge in [-0.15, -0.1) is 0 Å². The maximum absolute atomic E-state index is 13.7. The van der Waals surface area contributed by atoms with E-state index in [2.05, 4.69) is 16.0 Å². The van der Waals surface area contributed by atoms with Gasteiger partial charge >= 0.3 is 6.03 Å². The largest absolute Gasteiger partial charge is 0.394 e. The van der Waals surface area contributed by atoms with Crippen LogP contribution in [0, 0.1) is 11.7 Å². The molecule has 2 aliphatic heterocycles. The Hall–Kier alpha value is -2.23. The Morgan fingerprint density at radius 3 is 2.63 bits per heavy atom. The molecule has 0 aromatic heterocycles. The van der Waals surface area contributed by atoms with Gasteiger partial charge in [0.05, 0.1) is 24.4 Å². The SMILES string of the molecule is O=C(Nc1ccccc1F)N[C@@H]1CC[C@@H](CCNC(=O)C2CCOCC2)O[C@@H]1CO. The van der Waals surface area contributed by atoms with Crippen LogP contribution in [0.3, 0.4) is 0 Å². The number of ether oxygens (including phenoxy) is 2. The van der Waals surface area contributed by atoms with Crippen LogP contribution in [-0.2, 0) is 14.3 Å². The highest BCUT2D eigenvalue weighted by Crippen LogP contribution is 2.22. The molecule has 8 nitrogen and oxygen atoms in total. The summed E-state index contributed by atoms with van der Waals surface area (Å²) in [4.78, 5) is 24.4. The molecule has 0 spiro atoms. The fourth-order valence-corrected chi connectivity index (χ4v) is 3.86. The summed E-state index contributed by atoms with van der Waals surface area (Å²) in [6, 6.07) is 4.98. The number of aliphatic hydroxyl groups is 1. The van der Waals surface area contributed by atoms with Gasteiger partial charge in [-0.25, -0.2) is 9.18 Å². The minimum atomic E-state index is -0.554. The van der Waals surface area contributed by atoms with Gasteiger partial charge in [-0.2, -0.15) is 0 Å². The number of carbonyl (C=O) groups is 2. The second-order valence-corrected chi connectivity index (χ2v) is 7.71. The van der Waals surface area contributed by atoms with Crippen LogP contribution in [0.4, 0.5) is 14.9 Å². The Bertz CT molecular complexity index is 714. The number of halogens is 1. The first kappa shape index (κ1) is 22.5. The van der Waals surface area contributed by atoms with Crippen molar-refractivity contribution in [1.82, 2.24) is 10.6 Å². The van der Waals surface area contributed by atoms with E-state index in [1.54, 1.807) is 12.1 Å². The summed E-state index contributed by atoms with van der Waals surface area (Å²) in [5.74, 6) is -0.455. The van der Waals surface area contributed by atoms with Crippen LogP contribution < -0.4 is 16.0 Å². The second-order valence-electron chi connectivity index (χ2n) is 7.71.